The minimum absolute atomic E-state index is 0.146. The molecule has 0 saturated heterocycles. The van der Waals surface area contributed by atoms with Crippen molar-refractivity contribution in [1.29, 1.82) is 0 Å². The Balaban J connectivity index is 1.93. The van der Waals surface area contributed by atoms with Gasteiger partial charge in [0.15, 0.2) is 5.78 Å². The number of thiophene rings is 1. The van der Waals surface area contributed by atoms with Crippen molar-refractivity contribution in [3.8, 4) is 0 Å². The van der Waals surface area contributed by atoms with Gasteiger partial charge < -0.3 is 0 Å². The smallest absolute Gasteiger partial charge is 0.182 e. The Kier molecular flexibility index (Phi) is 3.28. The number of carbonyl (C=O) groups is 1. The lowest BCUT2D eigenvalue weighted by Gasteiger charge is -1.95. The zero-order valence-corrected chi connectivity index (χ0v) is 10.0. The minimum Gasteiger partial charge on any atom is -0.292 e. The number of nitrogens with zero attached hydrogens (tertiary/aromatic N) is 1. The zero-order valence-electron chi connectivity index (χ0n) is 8.40. The molecule has 0 aliphatic heterocycles. The van der Waals surface area contributed by atoms with E-state index in [1.165, 1.54) is 16.2 Å². The highest BCUT2D eigenvalue weighted by Crippen LogP contribution is 2.14. The summed E-state index contributed by atoms with van der Waals surface area (Å²) in [5.74, 6) is 0.146. The summed E-state index contributed by atoms with van der Waals surface area (Å²) in [6, 6.07) is 4.07. The molecule has 0 fully saturated rings. The molecule has 0 saturated carbocycles. The topological polar surface area (TPSA) is 30.0 Å². The van der Waals surface area contributed by atoms with Gasteiger partial charge in [0.05, 0.1) is 5.01 Å². The van der Waals surface area contributed by atoms with Gasteiger partial charge in [-0.25, -0.2) is 4.98 Å². The van der Waals surface area contributed by atoms with E-state index in [2.05, 4.69) is 11.1 Å². The van der Waals surface area contributed by atoms with Gasteiger partial charge in [-0.3, -0.25) is 4.79 Å². The monoisotopic (exact) mass is 237 g/mol. The number of carbonyl (C=O) groups excluding carboxylic acids is 1. The molecule has 2 aromatic heterocycles. The maximum atomic E-state index is 11.7. The lowest BCUT2D eigenvalue weighted by Crippen LogP contribution is -2.00. The molecule has 0 amide bonds. The summed E-state index contributed by atoms with van der Waals surface area (Å²) in [5.41, 5.74) is 0.619. The zero-order chi connectivity index (χ0) is 10.7. The fourth-order valence-corrected chi connectivity index (χ4v) is 2.64. The van der Waals surface area contributed by atoms with Gasteiger partial charge in [-0.05, 0) is 24.8 Å². The average molecular weight is 237 g/mol. The van der Waals surface area contributed by atoms with E-state index in [0.29, 0.717) is 12.1 Å². The van der Waals surface area contributed by atoms with Crippen LogP contribution >= 0.6 is 22.7 Å². The minimum atomic E-state index is 0.146. The van der Waals surface area contributed by atoms with Crippen LogP contribution in [0.5, 0.6) is 0 Å². The number of thiazole rings is 1. The van der Waals surface area contributed by atoms with E-state index in [1.54, 1.807) is 11.3 Å². The third-order valence-electron chi connectivity index (χ3n) is 2.08. The fourth-order valence-electron chi connectivity index (χ4n) is 1.31. The third kappa shape index (κ3) is 2.73. The average Bonchev–Trinajstić information content (AvgIpc) is 2.84. The molecule has 0 bridgehead atoms. The van der Waals surface area contributed by atoms with E-state index in [0.717, 1.165) is 11.4 Å². The number of ketones is 1. The van der Waals surface area contributed by atoms with E-state index in [4.69, 9.17) is 0 Å². The van der Waals surface area contributed by atoms with E-state index in [-0.39, 0.29) is 5.78 Å². The summed E-state index contributed by atoms with van der Waals surface area (Å²) < 4.78 is 0. The van der Waals surface area contributed by atoms with Crippen molar-refractivity contribution in [2.45, 2.75) is 19.8 Å². The standard InChI is InChI=1S/C11H11NOS2/c1-8-12-10(7-15-8)11(13)5-4-9-3-2-6-14-9/h2-3,6-7H,4-5H2,1H3. The van der Waals surface area contributed by atoms with Crippen molar-refractivity contribution in [1.82, 2.24) is 4.98 Å². The first-order valence-electron chi connectivity index (χ1n) is 4.73. The molecule has 0 spiro atoms. The highest BCUT2D eigenvalue weighted by molar-refractivity contribution is 7.10. The largest absolute Gasteiger partial charge is 0.292 e. The molecule has 0 aromatic carbocycles. The molecule has 4 heteroatoms. The van der Waals surface area contributed by atoms with Crippen LogP contribution in [0.3, 0.4) is 0 Å². The van der Waals surface area contributed by atoms with Crippen LogP contribution in [0.1, 0.15) is 26.8 Å². The second kappa shape index (κ2) is 4.68. The SMILES string of the molecule is Cc1nc(C(=O)CCc2cccs2)cs1. The molecule has 2 heterocycles. The van der Waals surface area contributed by atoms with Gasteiger partial charge in [-0.2, -0.15) is 0 Å². The van der Waals surface area contributed by atoms with Gasteiger partial charge in [0.1, 0.15) is 5.69 Å². The van der Waals surface area contributed by atoms with E-state index < -0.39 is 0 Å². The third-order valence-corrected chi connectivity index (χ3v) is 3.79. The highest BCUT2D eigenvalue weighted by atomic mass is 32.1. The van der Waals surface area contributed by atoms with E-state index in [1.807, 2.05) is 23.8 Å². The quantitative estimate of drug-likeness (QED) is 0.763. The molecule has 0 radical (unpaired) electrons. The number of aryl methyl sites for hydroxylation is 2. The van der Waals surface area contributed by atoms with Crippen LogP contribution in [0.15, 0.2) is 22.9 Å². The maximum absolute atomic E-state index is 11.7. The van der Waals surface area contributed by atoms with Crippen LogP contribution in [0.4, 0.5) is 0 Å². The number of Topliss-reactive ketones (excluding diaryl/α,β-unsaturated/α-hetero) is 1. The number of hydrogen-bond acceptors (Lipinski definition) is 4. The Labute approximate surface area is 96.6 Å². The summed E-state index contributed by atoms with van der Waals surface area (Å²) in [5, 5.41) is 4.83. The molecular weight excluding hydrogens is 226 g/mol. The fraction of sp³-hybridized carbons (Fsp3) is 0.273. The van der Waals surface area contributed by atoms with Crippen molar-refractivity contribution in [2.75, 3.05) is 0 Å². The van der Waals surface area contributed by atoms with Crippen molar-refractivity contribution in [2.24, 2.45) is 0 Å². The summed E-state index contributed by atoms with van der Waals surface area (Å²) in [4.78, 5) is 17.1. The van der Waals surface area contributed by atoms with Gasteiger partial charge in [-0.15, -0.1) is 22.7 Å². The first-order valence-corrected chi connectivity index (χ1v) is 6.49. The van der Waals surface area contributed by atoms with Gasteiger partial charge in [-0.1, -0.05) is 6.07 Å². The van der Waals surface area contributed by atoms with E-state index >= 15 is 0 Å². The Morgan fingerprint density at radius 1 is 1.47 bits per heavy atom. The summed E-state index contributed by atoms with van der Waals surface area (Å²) >= 11 is 3.22. The Morgan fingerprint density at radius 2 is 2.33 bits per heavy atom. The first-order chi connectivity index (χ1) is 7.25. The number of aromatic nitrogens is 1. The predicted octanol–water partition coefficient (Wildman–Crippen LogP) is 3.33. The molecular formula is C11H11NOS2. The predicted molar refractivity (Wildman–Crippen MR) is 63.8 cm³/mol. The van der Waals surface area contributed by atoms with Crippen LogP contribution < -0.4 is 0 Å². The molecule has 2 rings (SSSR count). The van der Waals surface area contributed by atoms with Gasteiger partial charge in [0.2, 0.25) is 0 Å². The summed E-state index contributed by atoms with van der Waals surface area (Å²) in [7, 11) is 0. The lowest BCUT2D eigenvalue weighted by atomic mass is 10.1. The van der Waals surface area contributed by atoms with Gasteiger partial charge >= 0.3 is 0 Å². The summed E-state index contributed by atoms with van der Waals surface area (Å²) in [6.07, 6.45) is 1.39. The van der Waals surface area contributed by atoms with Crippen molar-refractivity contribution >= 4 is 28.5 Å². The molecule has 2 nitrogen and oxygen atoms in total. The Hall–Kier alpha value is -1.00. The second-order valence-electron chi connectivity index (χ2n) is 3.25. The van der Waals surface area contributed by atoms with E-state index in [9.17, 15) is 4.79 Å². The van der Waals surface area contributed by atoms with Gasteiger partial charge in [0, 0.05) is 16.7 Å². The normalized spacial score (nSPS) is 10.5. The van der Waals surface area contributed by atoms with Crippen LogP contribution in [-0.4, -0.2) is 10.8 Å². The molecule has 0 unspecified atom stereocenters. The molecule has 15 heavy (non-hydrogen) atoms. The number of rotatable bonds is 4. The van der Waals surface area contributed by atoms with Crippen LogP contribution in [0.25, 0.3) is 0 Å². The molecule has 78 valence electrons. The Bertz CT molecular complexity index is 445. The van der Waals surface area contributed by atoms with Crippen LogP contribution in [0, 0.1) is 6.92 Å². The first kappa shape index (κ1) is 10.5. The molecule has 0 aliphatic rings. The highest BCUT2D eigenvalue weighted by Gasteiger charge is 2.09. The lowest BCUT2D eigenvalue weighted by molar-refractivity contribution is 0.0979. The van der Waals surface area contributed by atoms with Crippen molar-refractivity contribution < 1.29 is 4.79 Å². The molecule has 0 aliphatic carbocycles. The van der Waals surface area contributed by atoms with Crippen LogP contribution in [-0.2, 0) is 6.42 Å². The van der Waals surface area contributed by atoms with Crippen molar-refractivity contribution in [3.63, 3.8) is 0 Å². The second-order valence-corrected chi connectivity index (χ2v) is 5.35. The summed E-state index contributed by atoms with van der Waals surface area (Å²) in [6.45, 7) is 1.92. The van der Waals surface area contributed by atoms with Gasteiger partial charge in [0.25, 0.3) is 0 Å². The Morgan fingerprint density at radius 3 is 2.93 bits per heavy atom. The molecule has 0 atom stereocenters. The maximum Gasteiger partial charge on any atom is 0.182 e. The number of hydrogen-bond donors (Lipinski definition) is 0. The molecule has 0 N–H and O–H groups in total. The van der Waals surface area contributed by atoms with Crippen molar-refractivity contribution in [3.05, 3.63) is 38.5 Å². The molecule has 2 aromatic rings. The van der Waals surface area contributed by atoms with Crippen LogP contribution in [0.2, 0.25) is 0 Å².